The predicted molar refractivity (Wildman–Crippen MR) is 58.1 cm³/mol. The summed E-state index contributed by atoms with van der Waals surface area (Å²) in [5.74, 6) is 0.946. The van der Waals surface area contributed by atoms with Crippen LogP contribution in [0.1, 0.15) is 5.82 Å². The van der Waals surface area contributed by atoms with Crippen molar-refractivity contribution in [2.24, 2.45) is 0 Å². The van der Waals surface area contributed by atoms with Gasteiger partial charge in [-0.3, -0.25) is 10.1 Å². The molecule has 16 heavy (non-hydrogen) atoms. The van der Waals surface area contributed by atoms with Crippen LogP contribution in [-0.4, -0.2) is 21.0 Å². The number of imidazole rings is 1. The van der Waals surface area contributed by atoms with Crippen molar-refractivity contribution in [1.29, 1.82) is 0 Å². The fourth-order valence-corrected chi connectivity index (χ4v) is 2.05. The minimum Gasteiger partial charge on any atom is -0.325 e. The number of nitro benzene ring substituents is 1. The number of nitrogens with zero attached hydrogens (tertiary/aromatic N) is 3. The molecule has 0 saturated carbocycles. The molecular formula is C10H10N4O2. The highest BCUT2D eigenvalue weighted by atomic mass is 16.6. The first-order chi connectivity index (χ1) is 7.75. The van der Waals surface area contributed by atoms with Gasteiger partial charge in [-0.15, -0.1) is 0 Å². The second-order valence-corrected chi connectivity index (χ2v) is 3.79. The third kappa shape index (κ3) is 1.27. The number of hydrogen-bond donors (Lipinski definition) is 1. The number of hydrogen-bond acceptors (Lipinski definition) is 4. The predicted octanol–water partition coefficient (Wildman–Crippen LogP) is 1.05. The lowest BCUT2D eigenvalue weighted by atomic mass is 10.3. The molecule has 0 unspecified atom stereocenters. The van der Waals surface area contributed by atoms with Crippen LogP contribution in [-0.2, 0) is 13.1 Å². The highest BCUT2D eigenvalue weighted by molar-refractivity contribution is 5.78. The molecule has 0 aliphatic carbocycles. The lowest BCUT2D eigenvalue weighted by Gasteiger charge is -2.15. The summed E-state index contributed by atoms with van der Waals surface area (Å²) in [5, 5.41) is 13.9. The Bertz CT molecular complexity index is 575. The van der Waals surface area contributed by atoms with Crippen LogP contribution in [0.5, 0.6) is 0 Å². The zero-order valence-corrected chi connectivity index (χ0v) is 8.51. The zero-order valence-electron chi connectivity index (χ0n) is 8.51. The highest BCUT2D eigenvalue weighted by Crippen LogP contribution is 2.22. The van der Waals surface area contributed by atoms with Gasteiger partial charge in [0.05, 0.1) is 22.5 Å². The quantitative estimate of drug-likeness (QED) is 0.573. The van der Waals surface area contributed by atoms with Gasteiger partial charge in [-0.1, -0.05) is 0 Å². The standard InChI is InChI=1S/C10H10N4O2/c15-14(16)7-1-2-8-9(5-7)13-4-3-11-6-10(13)12-8/h1-2,5,11H,3-4,6H2. The molecule has 3 rings (SSSR count). The molecule has 82 valence electrons. The van der Waals surface area contributed by atoms with Gasteiger partial charge < -0.3 is 9.88 Å². The van der Waals surface area contributed by atoms with Gasteiger partial charge >= 0.3 is 0 Å². The molecule has 1 aliphatic heterocycles. The molecule has 0 saturated heterocycles. The average Bonchev–Trinajstić information content (AvgIpc) is 2.66. The fraction of sp³-hybridized carbons (Fsp3) is 0.300. The Hall–Kier alpha value is -1.95. The Kier molecular flexibility index (Phi) is 1.90. The number of non-ortho nitro benzene ring substituents is 1. The van der Waals surface area contributed by atoms with Crippen molar-refractivity contribution in [2.75, 3.05) is 6.54 Å². The van der Waals surface area contributed by atoms with Gasteiger partial charge in [-0.2, -0.15) is 0 Å². The highest BCUT2D eigenvalue weighted by Gasteiger charge is 2.16. The number of benzene rings is 1. The minimum absolute atomic E-state index is 0.119. The van der Waals surface area contributed by atoms with Crippen molar-refractivity contribution in [1.82, 2.24) is 14.9 Å². The largest absolute Gasteiger partial charge is 0.325 e. The molecule has 0 fully saturated rings. The molecule has 1 aliphatic rings. The van der Waals surface area contributed by atoms with Crippen molar-refractivity contribution in [2.45, 2.75) is 13.1 Å². The zero-order chi connectivity index (χ0) is 11.1. The van der Waals surface area contributed by atoms with E-state index >= 15 is 0 Å². The lowest BCUT2D eigenvalue weighted by Crippen LogP contribution is -2.28. The Morgan fingerprint density at radius 3 is 3.19 bits per heavy atom. The molecule has 1 N–H and O–H groups in total. The maximum atomic E-state index is 10.7. The minimum atomic E-state index is -0.375. The molecule has 0 radical (unpaired) electrons. The maximum Gasteiger partial charge on any atom is 0.271 e. The molecule has 2 heterocycles. The van der Waals surface area contributed by atoms with Gasteiger partial charge in [0.1, 0.15) is 5.82 Å². The van der Waals surface area contributed by atoms with Gasteiger partial charge in [0.15, 0.2) is 0 Å². The van der Waals surface area contributed by atoms with E-state index in [-0.39, 0.29) is 10.6 Å². The number of nitrogens with one attached hydrogen (secondary N) is 1. The first-order valence-corrected chi connectivity index (χ1v) is 5.10. The van der Waals surface area contributed by atoms with Crippen LogP contribution in [0.4, 0.5) is 5.69 Å². The number of aromatic nitrogens is 2. The van der Waals surface area contributed by atoms with E-state index in [0.29, 0.717) is 0 Å². The first kappa shape index (κ1) is 9.29. The Morgan fingerprint density at radius 1 is 1.50 bits per heavy atom. The van der Waals surface area contributed by atoms with E-state index in [1.54, 1.807) is 12.1 Å². The second kappa shape index (κ2) is 3.28. The molecule has 0 atom stereocenters. The normalized spacial score (nSPS) is 15.0. The summed E-state index contributed by atoms with van der Waals surface area (Å²) < 4.78 is 2.04. The van der Waals surface area contributed by atoms with Crippen LogP contribution in [0.15, 0.2) is 18.2 Å². The monoisotopic (exact) mass is 218 g/mol. The summed E-state index contributed by atoms with van der Waals surface area (Å²) in [4.78, 5) is 14.8. The van der Waals surface area contributed by atoms with Crippen LogP contribution >= 0.6 is 0 Å². The molecule has 2 aromatic rings. The van der Waals surface area contributed by atoms with Gasteiger partial charge in [-0.25, -0.2) is 4.98 Å². The molecular weight excluding hydrogens is 208 g/mol. The van der Waals surface area contributed by atoms with Crippen LogP contribution < -0.4 is 5.32 Å². The third-order valence-corrected chi connectivity index (χ3v) is 2.82. The topological polar surface area (TPSA) is 73.0 Å². The molecule has 1 aromatic carbocycles. The summed E-state index contributed by atoms with van der Waals surface area (Å²) in [5.41, 5.74) is 1.80. The number of nitro groups is 1. The smallest absolute Gasteiger partial charge is 0.271 e. The van der Waals surface area contributed by atoms with Crippen LogP contribution in [0.3, 0.4) is 0 Å². The lowest BCUT2D eigenvalue weighted by molar-refractivity contribution is -0.384. The molecule has 6 nitrogen and oxygen atoms in total. The maximum absolute atomic E-state index is 10.7. The van der Waals surface area contributed by atoms with Crippen molar-refractivity contribution in [3.05, 3.63) is 34.1 Å². The van der Waals surface area contributed by atoms with E-state index in [2.05, 4.69) is 10.3 Å². The van der Waals surface area contributed by atoms with Crippen LogP contribution in [0.25, 0.3) is 11.0 Å². The number of rotatable bonds is 1. The molecule has 0 spiro atoms. The van der Waals surface area contributed by atoms with Gasteiger partial charge in [0, 0.05) is 25.2 Å². The molecule has 0 bridgehead atoms. The van der Waals surface area contributed by atoms with E-state index in [1.807, 2.05) is 4.57 Å². The Balaban J connectivity index is 2.25. The second-order valence-electron chi connectivity index (χ2n) is 3.79. The Morgan fingerprint density at radius 2 is 2.38 bits per heavy atom. The van der Waals surface area contributed by atoms with E-state index in [9.17, 15) is 10.1 Å². The van der Waals surface area contributed by atoms with E-state index in [0.717, 1.165) is 36.5 Å². The van der Waals surface area contributed by atoms with Crippen molar-refractivity contribution in [3.63, 3.8) is 0 Å². The summed E-state index contributed by atoms with van der Waals surface area (Å²) in [7, 11) is 0. The van der Waals surface area contributed by atoms with Crippen LogP contribution in [0.2, 0.25) is 0 Å². The summed E-state index contributed by atoms with van der Waals surface area (Å²) >= 11 is 0. The average molecular weight is 218 g/mol. The molecule has 0 amide bonds. The first-order valence-electron chi connectivity index (χ1n) is 5.10. The van der Waals surface area contributed by atoms with E-state index in [1.165, 1.54) is 6.07 Å². The number of fused-ring (bicyclic) bond motifs is 3. The third-order valence-electron chi connectivity index (χ3n) is 2.82. The van der Waals surface area contributed by atoms with Gasteiger partial charge in [-0.05, 0) is 6.07 Å². The van der Waals surface area contributed by atoms with E-state index in [4.69, 9.17) is 0 Å². The van der Waals surface area contributed by atoms with Gasteiger partial charge in [0.2, 0.25) is 0 Å². The van der Waals surface area contributed by atoms with Crippen molar-refractivity contribution >= 4 is 16.7 Å². The SMILES string of the molecule is O=[N+]([O-])c1ccc2nc3n(c2c1)CCNC3. The summed E-state index contributed by atoms with van der Waals surface area (Å²) in [6.07, 6.45) is 0. The molecule has 1 aromatic heterocycles. The van der Waals surface area contributed by atoms with Gasteiger partial charge in [0.25, 0.3) is 5.69 Å². The van der Waals surface area contributed by atoms with Crippen molar-refractivity contribution in [3.8, 4) is 0 Å². The summed E-state index contributed by atoms with van der Waals surface area (Å²) in [6.45, 7) is 2.41. The summed E-state index contributed by atoms with van der Waals surface area (Å²) in [6, 6.07) is 4.80. The van der Waals surface area contributed by atoms with Crippen molar-refractivity contribution < 1.29 is 4.92 Å². The van der Waals surface area contributed by atoms with Crippen LogP contribution in [0, 0.1) is 10.1 Å². The van der Waals surface area contributed by atoms with E-state index < -0.39 is 0 Å². The Labute approximate surface area is 91.0 Å². The molecule has 6 heteroatoms. The fourth-order valence-electron chi connectivity index (χ4n) is 2.05.